The summed E-state index contributed by atoms with van der Waals surface area (Å²) in [5.41, 5.74) is 5.01. The van der Waals surface area contributed by atoms with E-state index in [4.69, 9.17) is 18.9 Å². The normalized spacial score (nSPS) is 10.7. The van der Waals surface area contributed by atoms with Gasteiger partial charge in [-0.25, -0.2) is 4.79 Å². The van der Waals surface area contributed by atoms with Gasteiger partial charge < -0.3 is 18.9 Å². The van der Waals surface area contributed by atoms with Gasteiger partial charge in [0, 0.05) is 6.07 Å². The molecule has 5 nitrogen and oxygen atoms in total. The summed E-state index contributed by atoms with van der Waals surface area (Å²) in [4.78, 5) is 13.2. The van der Waals surface area contributed by atoms with Crippen LogP contribution in [0.2, 0.25) is 0 Å². The van der Waals surface area contributed by atoms with Crippen molar-refractivity contribution < 1.29 is 23.7 Å². The molecule has 4 aromatic rings. The molecule has 0 spiro atoms. The first-order valence-corrected chi connectivity index (χ1v) is 13.4. The molecular formula is C36H34O5. The average molecular weight is 547 g/mol. The molecule has 0 aliphatic carbocycles. The van der Waals surface area contributed by atoms with E-state index in [0.717, 1.165) is 27.8 Å². The molecule has 0 atom stereocenters. The highest BCUT2D eigenvalue weighted by atomic mass is 16.5. The molecule has 0 radical (unpaired) electrons. The number of ether oxygens (including phenoxy) is 4. The highest BCUT2D eigenvalue weighted by Gasteiger charge is 2.17. The second-order valence-corrected chi connectivity index (χ2v) is 9.41. The Morgan fingerprint density at radius 2 is 1.39 bits per heavy atom. The van der Waals surface area contributed by atoms with Crippen molar-refractivity contribution in [1.29, 1.82) is 0 Å². The second-order valence-electron chi connectivity index (χ2n) is 9.41. The van der Waals surface area contributed by atoms with Crippen LogP contribution in [0, 0.1) is 6.92 Å². The fourth-order valence-electron chi connectivity index (χ4n) is 3.90. The van der Waals surface area contributed by atoms with Crippen molar-refractivity contribution in [2.45, 2.75) is 26.7 Å². The SMILES string of the molecule is C=C/C=C\C(=C)COc1ccc(C(=O)OCc2cc(OCc3ccccc3)ccc2C)c(OCc2ccccc2)c1. The maximum atomic E-state index is 13.2. The second kappa shape index (κ2) is 14.9. The van der Waals surface area contributed by atoms with E-state index in [2.05, 4.69) is 13.2 Å². The van der Waals surface area contributed by atoms with Crippen LogP contribution < -0.4 is 14.2 Å². The van der Waals surface area contributed by atoms with Gasteiger partial charge in [-0.1, -0.05) is 98.1 Å². The quantitative estimate of drug-likeness (QED) is 0.118. The lowest BCUT2D eigenvalue weighted by atomic mass is 10.1. The summed E-state index contributed by atoms with van der Waals surface area (Å²) < 4.78 is 23.6. The Labute approximate surface area is 242 Å². The third kappa shape index (κ3) is 9.01. The summed E-state index contributed by atoms with van der Waals surface area (Å²) in [7, 11) is 0. The molecule has 5 heteroatoms. The van der Waals surface area contributed by atoms with Gasteiger partial charge in [-0.3, -0.25) is 0 Å². The molecule has 4 rings (SSSR count). The Morgan fingerprint density at radius 3 is 2.07 bits per heavy atom. The monoisotopic (exact) mass is 546 g/mol. The third-order valence-corrected chi connectivity index (χ3v) is 6.23. The molecule has 0 aliphatic rings. The molecule has 0 saturated heterocycles. The Morgan fingerprint density at radius 1 is 0.756 bits per heavy atom. The van der Waals surface area contributed by atoms with Crippen molar-refractivity contribution in [2.24, 2.45) is 0 Å². The molecule has 0 aromatic heterocycles. The minimum Gasteiger partial charge on any atom is -0.489 e. The van der Waals surface area contributed by atoms with Crippen LogP contribution in [0.5, 0.6) is 17.2 Å². The Bertz CT molecular complexity index is 1490. The Hall–Kier alpha value is -5.03. The zero-order valence-electron chi connectivity index (χ0n) is 23.3. The summed E-state index contributed by atoms with van der Waals surface area (Å²) in [5.74, 6) is 1.15. The van der Waals surface area contributed by atoms with Crippen molar-refractivity contribution in [3.05, 3.63) is 162 Å². The smallest absolute Gasteiger partial charge is 0.342 e. The van der Waals surface area contributed by atoms with Crippen molar-refractivity contribution in [2.75, 3.05) is 6.61 Å². The van der Waals surface area contributed by atoms with E-state index in [1.165, 1.54) is 0 Å². The molecule has 0 saturated carbocycles. The number of hydrogen-bond donors (Lipinski definition) is 0. The predicted octanol–water partition coefficient (Wildman–Crippen LogP) is 8.19. The summed E-state index contributed by atoms with van der Waals surface area (Å²) in [6, 6.07) is 30.6. The molecule has 208 valence electrons. The number of rotatable bonds is 14. The summed E-state index contributed by atoms with van der Waals surface area (Å²) in [5, 5.41) is 0. The maximum absolute atomic E-state index is 13.2. The van der Waals surface area contributed by atoms with E-state index in [-0.39, 0.29) is 13.2 Å². The number of carbonyl (C=O) groups is 1. The van der Waals surface area contributed by atoms with E-state index >= 15 is 0 Å². The largest absolute Gasteiger partial charge is 0.489 e. The minimum atomic E-state index is -0.493. The van der Waals surface area contributed by atoms with Crippen molar-refractivity contribution >= 4 is 5.97 Å². The number of aryl methyl sites for hydroxylation is 1. The van der Waals surface area contributed by atoms with Gasteiger partial charge >= 0.3 is 5.97 Å². The fourth-order valence-corrected chi connectivity index (χ4v) is 3.90. The third-order valence-electron chi connectivity index (χ3n) is 6.23. The van der Waals surface area contributed by atoms with E-state index in [9.17, 15) is 4.79 Å². The van der Waals surface area contributed by atoms with E-state index < -0.39 is 5.97 Å². The van der Waals surface area contributed by atoms with Crippen molar-refractivity contribution in [1.82, 2.24) is 0 Å². The van der Waals surface area contributed by atoms with Crippen molar-refractivity contribution in [3.8, 4) is 17.2 Å². The van der Waals surface area contributed by atoms with Crippen LogP contribution in [-0.4, -0.2) is 12.6 Å². The molecule has 0 bridgehead atoms. The van der Waals surface area contributed by atoms with Gasteiger partial charge in [0.15, 0.2) is 0 Å². The highest BCUT2D eigenvalue weighted by Crippen LogP contribution is 2.28. The lowest BCUT2D eigenvalue weighted by Gasteiger charge is -2.15. The van der Waals surface area contributed by atoms with Crippen LogP contribution >= 0.6 is 0 Å². The molecule has 0 aliphatic heterocycles. The lowest BCUT2D eigenvalue weighted by Crippen LogP contribution is -2.10. The molecule has 4 aromatic carbocycles. The van der Waals surface area contributed by atoms with Crippen LogP contribution in [0.4, 0.5) is 0 Å². The predicted molar refractivity (Wildman–Crippen MR) is 162 cm³/mol. The molecular weight excluding hydrogens is 512 g/mol. The number of esters is 1. The van der Waals surface area contributed by atoms with Gasteiger partial charge in [0.1, 0.15) is 49.2 Å². The van der Waals surface area contributed by atoms with Crippen molar-refractivity contribution in [3.63, 3.8) is 0 Å². The number of benzene rings is 4. The van der Waals surface area contributed by atoms with Gasteiger partial charge in [-0.2, -0.15) is 0 Å². The molecule has 0 fully saturated rings. The van der Waals surface area contributed by atoms with E-state index in [1.807, 2.05) is 91.9 Å². The molecule has 0 heterocycles. The Kier molecular flexibility index (Phi) is 10.6. The van der Waals surface area contributed by atoms with Crippen LogP contribution in [0.1, 0.15) is 32.6 Å². The topological polar surface area (TPSA) is 54.0 Å². The lowest BCUT2D eigenvalue weighted by molar-refractivity contribution is 0.0466. The molecule has 0 unspecified atom stereocenters. The first kappa shape index (κ1) is 29.0. The van der Waals surface area contributed by atoms with Gasteiger partial charge in [0.05, 0.1) is 0 Å². The van der Waals surface area contributed by atoms with Gasteiger partial charge in [-0.15, -0.1) is 0 Å². The Balaban J connectivity index is 1.45. The highest BCUT2D eigenvalue weighted by molar-refractivity contribution is 5.92. The van der Waals surface area contributed by atoms with E-state index in [1.54, 1.807) is 30.4 Å². The summed E-state index contributed by atoms with van der Waals surface area (Å²) in [6.07, 6.45) is 5.30. The first-order chi connectivity index (χ1) is 20.0. The molecule has 0 N–H and O–H groups in total. The zero-order valence-corrected chi connectivity index (χ0v) is 23.3. The standard InChI is InChI=1S/C36H34O5/c1-4-5-12-27(2)23-38-33-19-20-34(35(22-33)40-25-30-15-10-7-11-16-30)36(37)41-26-31-21-32(18-17-28(31)3)39-24-29-13-8-6-9-14-29/h4-22H,1-2,23-26H2,3H3/b12-5-. The summed E-state index contributed by atoms with van der Waals surface area (Å²) in [6.45, 7) is 10.7. The van der Waals surface area contributed by atoms with E-state index in [0.29, 0.717) is 36.0 Å². The summed E-state index contributed by atoms with van der Waals surface area (Å²) >= 11 is 0. The van der Waals surface area contributed by atoms with Gasteiger partial charge in [-0.05, 0) is 59.0 Å². The number of carbonyl (C=O) groups excluding carboxylic acids is 1. The number of allylic oxidation sites excluding steroid dienone is 2. The fraction of sp³-hybridized carbons (Fsp3) is 0.139. The maximum Gasteiger partial charge on any atom is 0.342 e. The zero-order chi connectivity index (χ0) is 28.9. The molecule has 41 heavy (non-hydrogen) atoms. The average Bonchev–Trinajstić information content (AvgIpc) is 3.01. The minimum absolute atomic E-state index is 0.0963. The van der Waals surface area contributed by atoms with Gasteiger partial charge in [0.2, 0.25) is 0 Å². The number of hydrogen-bond acceptors (Lipinski definition) is 5. The van der Waals surface area contributed by atoms with Crippen LogP contribution in [0.25, 0.3) is 0 Å². The first-order valence-electron chi connectivity index (χ1n) is 13.4. The van der Waals surface area contributed by atoms with Crippen LogP contribution in [-0.2, 0) is 24.6 Å². The van der Waals surface area contributed by atoms with Gasteiger partial charge in [0.25, 0.3) is 0 Å². The van der Waals surface area contributed by atoms with Crippen LogP contribution in [0.15, 0.2) is 134 Å². The molecule has 0 amide bonds. The van der Waals surface area contributed by atoms with Crippen LogP contribution in [0.3, 0.4) is 0 Å².